The minimum absolute atomic E-state index is 0.00857. The largest absolute Gasteiger partial charge is 0.478 e. The monoisotopic (exact) mass is 297 g/mol. The average molecular weight is 298 g/mol. The van der Waals surface area contributed by atoms with Gasteiger partial charge < -0.3 is 10.1 Å². The minimum Gasteiger partial charge on any atom is -0.478 e. The average Bonchev–Trinajstić information content (AvgIpc) is 2.52. The molecule has 5 heteroatoms. The topological polar surface area (TPSA) is 68.8 Å². The van der Waals surface area contributed by atoms with Crippen LogP contribution in [0.4, 0.5) is 5.69 Å². The Morgan fingerprint density at radius 1 is 1.14 bits per heavy atom. The quantitative estimate of drug-likeness (QED) is 0.913. The number of rotatable bonds is 5. The van der Waals surface area contributed by atoms with Gasteiger partial charge >= 0.3 is 0 Å². The van der Waals surface area contributed by atoms with Crippen LogP contribution in [0.15, 0.2) is 42.5 Å². The molecule has 0 saturated heterocycles. The van der Waals surface area contributed by atoms with Crippen molar-refractivity contribution in [2.75, 3.05) is 11.9 Å². The molecule has 0 unspecified atom stereocenters. The first kappa shape index (κ1) is 14.7. The molecule has 0 atom stereocenters. The van der Waals surface area contributed by atoms with Crippen LogP contribution in [0.2, 0.25) is 5.02 Å². The first-order chi connectivity index (χ1) is 10.2. The number of nitrogens with zero attached hydrogens (tertiary/aromatic N) is 2. The van der Waals surface area contributed by atoms with Crippen LogP contribution in [0.1, 0.15) is 11.1 Å². The molecule has 0 saturated carbocycles. The second kappa shape index (κ2) is 7.19. The number of para-hydroxylation sites is 1. The molecule has 0 aromatic heterocycles. The number of anilines is 1. The molecule has 2 rings (SSSR count). The Hall–Kier alpha value is -2.69. The van der Waals surface area contributed by atoms with Crippen molar-refractivity contribution in [1.82, 2.24) is 0 Å². The van der Waals surface area contributed by atoms with E-state index in [-0.39, 0.29) is 6.61 Å². The van der Waals surface area contributed by atoms with E-state index in [9.17, 15) is 0 Å². The van der Waals surface area contributed by atoms with Gasteiger partial charge in [0, 0.05) is 12.1 Å². The summed E-state index contributed by atoms with van der Waals surface area (Å²) in [4.78, 5) is 0. The van der Waals surface area contributed by atoms with Crippen molar-refractivity contribution in [3.63, 3.8) is 0 Å². The number of hydrogen-bond acceptors (Lipinski definition) is 4. The molecule has 0 heterocycles. The lowest BCUT2D eigenvalue weighted by Crippen LogP contribution is -2.04. The zero-order valence-corrected chi connectivity index (χ0v) is 11.9. The molecule has 2 aromatic rings. The van der Waals surface area contributed by atoms with Gasteiger partial charge in [0.15, 0.2) is 6.61 Å². The van der Waals surface area contributed by atoms with E-state index in [4.69, 9.17) is 26.9 Å². The van der Waals surface area contributed by atoms with E-state index in [1.54, 1.807) is 18.2 Å². The Morgan fingerprint density at radius 2 is 1.95 bits per heavy atom. The fraction of sp³-hybridized carbons (Fsp3) is 0.125. The van der Waals surface area contributed by atoms with E-state index < -0.39 is 0 Å². The molecule has 0 aliphatic rings. The lowest BCUT2D eigenvalue weighted by atomic mass is 10.2. The summed E-state index contributed by atoms with van der Waals surface area (Å²) in [5.41, 5.74) is 2.18. The Balaban J connectivity index is 2.10. The molecule has 4 nitrogen and oxygen atoms in total. The zero-order chi connectivity index (χ0) is 15.1. The van der Waals surface area contributed by atoms with Crippen LogP contribution in [0.25, 0.3) is 0 Å². The summed E-state index contributed by atoms with van der Waals surface area (Å²) in [7, 11) is 0. The molecule has 104 valence electrons. The van der Waals surface area contributed by atoms with Crippen LogP contribution in [0.5, 0.6) is 5.75 Å². The predicted octanol–water partition coefficient (Wildman–Crippen LogP) is 3.73. The highest BCUT2D eigenvalue weighted by Gasteiger charge is 2.05. The van der Waals surface area contributed by atoms with Gasteiger partial charge in [0.05, 0.1) is 22.3 Å². The third kappa shape index (κ3) is 3.89. The number of ether oxygens (including phenoxy) is 1. The van der Waals surface area contributed by atoms with Gasteiger partial charge in [-0.2, -0.15) is 10.5 Å². The highest BCUT2D eigenvalue weighted by atomic mass is 35.5. The summed E-state index contributed by atoms with van der Waals surface area (Å²) < 4.78 is 5.36. The van der Waals surface area contributed by atoms with Gasteiger partial charge in [-0.15, -0.1) is 0 Å². The second-order valence-electron chi connectivity index (χ2n) is 4.21. The summed E-state index contributed by atoms with van der Waals surface area (Å²) in [6, 6.07) is 16.5. The SMILES string of the molecule is N#CCOc1ccccc1CNc1ccc(C#N)cc1Cl. The lowest BCUT2D eigenvalue weighted by molar-refractivity contribution is 0.364. The van der Waals surface area contributed by atoms with Gasteiger partial charge in [-0.25, -0.2) is 0 Å². The Kier molecular flexibility index (Phi) is 5.04. The zero-order valence-electron chi connectivity index (χ0n) is 11.1. The molecule has 0 bridgehead atoms. The van der Waals surface area contributed by atoms with Gasteiger partial charge in [0.2, 0.25) is 0 Å². The molecule has 0 spiro atoms. The standard InChI is InChI=1S/C16H12ClN3O/c17-14-9-12(10-19)5-6-15(14)20-11-13-3-1-2-4-16(13)21-8-7-18/h1-6,9,20H,8,11H2. The van der Waals surface area contributed by atoms with Crippen LogP contribution >= 0.6 is 11.6 Å². The number of nitrogens with one attached hydrogen (secondary N) is 1. The smallest absolute Gasteiger partial charge is 0.174 e. The maximum atomic E-state index is 8.81. The van der Waals surface area contributed by atoms with Crippen molar-refractivity contribution in [2.45, 2.75) is 6.54 Å². The van der Waals surface area contributed by atoms with Crippen LogP contribution in [-0.2, 0) is 6.54 Å². The molecule has 1 N–H and O–H groups in total. The Labute approximate surface area is 128 Å². The first-order valence-corrected chi connectivity index (χ1v) is 6.63. The van der Waals surface area contributed by atoms with E-state index in [2.05, 4.69) is 5.32 Å². The number of nitriles is 2. The van der Waals surface area contributed by atoms with E-state index in [1.165, 1.54) is 0 Å². The molecule has 21 heavy (non-hydrogen) atoms. The van der Waals surface area contributed by atoms with Crippen molar-refractivity contribution in [1.29, 1.82) is 10.5 Å². The molecule has 2 aromatic carbocycles. The van der Waals surface area contributed by atoms with E-state index in [0.29, 0.717) is 22.9 Å². The van der Waals surface area contributed by atoms with Gasteiger partial charge in [-0.3, -0.25) is 0 Å². The Morgan fingerprint density at radius 3 is 2.67 bits per heavy atom. The number of benzene rings is 2. The lowest BCUT2D eigenvalue weighted by Gasteiger charge is -2.12. The molecule has 0 aliphatic heterocycles. The van der Waals surface area contributed by atoms with Crippen LogP contribution < -0.4 is 10.1 Å². The van der Waals surface area contributed by atoms with Crippen LogP contribution in [0, 0.1) is 22.7 Å². The van der Waals surface area contributed by atoms with Crippen molar-refractivity contribution < 1.29 is 4.74 Å². The number of halogens is 1. The van der Waals surface area contributed by atoms with Crippen molar-refractivity contribution in [3.05, 3.63) is 58.6 Å². The molecule has 0 amide bonds. The predicted molar refractivity (Wildman–Crippen MR) is 81.0 cm³/mol. The van der Waals surface area contributed by atoms with Gasteiger partial charge in [-0.1, -0.05) is 29.8 Å². The fourth-order valence-electron chi connectivity index (χ4n) is 1.82. The van der Waals surface area contributed by atoms with Crippen LogP contribution in [-0.4, -0.2) is 6.61 Å². The third-order valence-electron chi connectivity index (χ3n) is 2.83. The van der Waals surface area contributed by atoms with E-state index in [1.807, 2.05) is 36.4 Å². The van der Waals surface area contributed by atoms with Crippen molar-refractivity contribution in [2.24, 2.45) is 0 Å². The maximum absolute atomic E-state index is 8.81. The molecule has 0 fully saturated rings. The van der Waals surface area contributed by atoms with E-state index >= 15 is 0 Å². The van der Waals surface area contributed by atoms with Crippen molar-refractivity contribution >= 4 is 17.3 Å². The summed E-state index contributed by atoms with van der Waals surface area (Å²) in [6.45, 7) is 0.516. The van der Waals surface area contributed by atoms with Crippen molar-refractivity contribution in [3.8, 4) is 17.9 Å². The third-order valence-corrected chi connectivity index (χ3v) is 3.15. The first-order valence-electron chi connectivity index (χ1n) is 6.26. The summed E-state index contributed by atoms with van der Waals surface area (Å²) in [5, 5.41) is 21.1. The van der Waals surface area contributed by atoms with Crippen LogP contribution in [0.3, 0.4) is 0 Å². The molecule has 0 radical (unpaired) electrons. The summed E-state index contributed by atoms with van der Waals surface area (Å²) >= 11 is 6.11. The molecular weight excluding hydrogens is 286 g/mol. The highest BCUT2D eigenvalue weighted by Crippen LogP contribution is 2.25. The molecule has 0 aliphatic carbocycles. The van der Waals surface area contributed by atoms with E-state index in [0.717, 1.165) is 11.3 Å². The summed E-state index contributed by atoms with van der Waals surface area (Å²) in [6.07, 6.45) is 0. The molecular formula is C16H12ClN3O. The normalized spacial score (nSPS) is 9.48. The highest BCUT2D eigenvalue weighted by molar-refractivity contribution is 6.33. The van der Waals surface area contributed by atoms with Gasteiger partial charge in [-0.05, 0) is 24.3 Å². The fourth-order valence-corrected chi connectivity index (χ4v) is 2.07. The van der Waals surface area contributed by atoms with Gasteiger partial charge in [0.1, 0.15) is 11.8 Å². The summed E-state index contributed by atoms with van der Waals surface area (Å²) in [5.74, 6) is 0.663. The van der Waals surface area contributed by atoms with Gasteiger partial charge in [0.25, 0.3) is 0 Å². The Bertz CT molecular complexity index is 716. The maximum Gasteiger partial charge on any atom is 0.174 e. The minimum atomic E-state index is 0.00857. The number of hydrogen-bond donors (Lipinski definition) is 1. The second-order valence-corrected chi connectivity index (χ2v) is 4.62.